The van der Waals surface area contributed by atoms with Gasteiger partial charge in [0.25, 0.3) is 0 Å². The van der Waals surface area contributed by atoms with Crippen molar-refractivity contribution in [3.63, 3.8) is 0 Å². The zero-order valence-electron chi connectivity index (χ0n) is 15.3. The van der Waals surface area contributed by atoms with Crippen LogP contribution < -0.4 is 5.32 Å². The summed E-state index contributed by atoms with van der Waals surface area (Å²) in [6, 6.07) is 8.63. The highest BCUT2D eigenvalue weighted by Crippen LogP contribution is 2.19. The lowest BCUT2D eigenvalue weighted by molar-refractivity contribution is 0.477. The van der Waals surface area contributed by atoms with Crippen LogP contribution in [0.4, 0.5) is 0 Å². The maximum Gasteiger partial charge on any atom is 0.193 e. The molecule has 0 atom stereocenters. The van der Waals surface area contributed by atoms with E-state index >= 15 is 0 Å². The van der Waals surface area contributed by atoms with Gasteiger partial charge in [0.2, 0.25) is 0 Å². The van der Waals surface area contributed by atoms with E-state index in [1.807, 2.05) is 7.05 Å². The fourth-order valence-corrected chi connectivity index (χ4v) is 3.30. The zero-order valence-corrected chi connectivity index (χ0v) is 16.2. The summed E-state index contributed by atoms with van der Waals surface area (Å²) in [7, 11) is 3.89. The van der Waals surface area contributed by atoms with E-state index in [9.17, 15) is 0 Å². The number of hydrogen-bond donors (Lipinski definition) is 1. The van der Waals surface area contributed by atoms with Gasteiger partial charge in [-0.1, -0.05) is 43.7 Å². The molecule has 0 saturated carbocycles. The van der Waals surface area contributed by atoms with E-state index in [4.69, 9.17) is 0 Å². The predicted molar refractivity (Wildman–Crippen MR) is 104 cm³/mol. The average Bonchev–Trinajstić information content (AvgIpc) is 3.03. The minimum absolute atomic E-state index is 0.505. The number of aromatic nitrogens is 1. The summed E-state index contributed by atoms with van der Waals surface area (Å²) in [4.78, 5) is 11.2. The maximum atomic E-state index is 4.68. The van der Waals surface area contributed by atoms with Crippen molar-refractivity contribution in [3.8, 4) is 0 Å². The van der Waals surface area contributed by atoms with Crippen LogP contribution in [0, 0.1) is 6.92 Å². The second kappa shape index (κ2) is 8.83. The third-order valence-corrected chi connectivity index (χ3v) is 5.04. The van der Waals surface area contributed by atoms with Gasteiger partial charge in [-0.2, -0.15) is 0 Å². The second-order valence-corrected chi connectivity index (χ2v) is 7.29. The van der Waals surface area contributed by atoms with Crippen molar-refractivity contribution < 1.29 is 0 Å². The lowest BCUT2D eigenvalue weighted by atomic mass is 10.1. The number of nitrogens with zero attached hydrogens (tertiary/aromatic N) is 3. The molecule has 0 radical (unpaired) electrons. The summed E-state index contributed by atoms with van der Waals surface area (Å²) in [5.41, 5.74) is 3.73. The van der Waals surface area contributed by atoms with Crippen LogP contribution in [-0.2, 0) is 13.0 Å². The van der Waals surface area contributed by atoms with Crippen molar-refractivity contribution >= 4 is 17.3 Å². The number of benzene rings is 1. The molecule has 1 aromatic carbocycles. The highest BCUT2D eigenvalue weighted by Gasteiger charge is 2.08. The fourth-order valence-electron chi connectivity index (χ4n) is 2.43. The Kier molecular flexibility index (Phi) is 6.79. The van der Waals surface area contributed by atoms with Crippen molar-refractivity contribution in [2.45, 2.75) is 39.7 Å². The first kappa shape index (κ1) is 18.5. The number of nitrogens with one attached hydrogen (secondary N) is 1. The molecule has 2 aromatic rings. The molecule has 1 N–H and O–H groups in total. The van der Waals surface area contributed by atoms with Gasteiger partial charge in [0.15, 0.2) is 5.96 Å². The molecular formula is C19H28N4S. The number of aliphatic imine (C=N–C) groups is 1. The smallest absolute Gasteiger partial charge is 0.193 e. The average molecular weight is 345 g/mol. The maximum absolute atomic E-state index is 4.68. The van der Waals surface area contributed by atoms with Crippen molar-refractivity contribution in [3.05, 3.63) is 51.5 Å². The Balaban J connectivity index is 1.83. The van der Waals surface area contributed by atoms with Gasteiger partial charge in [-0.25, -0.2) is 4.98 Å². The highest BCUT2D eigenvalue weighted by molar-refractivity contribution is 7.09. The minimum Gasteiger partial charge on any atom is -0.356 e. The summed E-state index contributed by atoms with van der Waals surface area (Å²) < 4.78 is 0. The van der Waals surface area contributed by atoms with Gasteiger partial charge in [-0.3, -0.25) is 4.99 Å². The molecule has 0 fully saturated rings. The van der Waals surface area contributed by atoms with Gasteiger partial charge in [-0.05, 0) is 12.5 Å². The van der Waals surface area contributed by atoms with Crippen molar-refractivity contribution in [1.29, 1.82) is 0 Å². The third-order valence-electron chi connectivity index (χ3n) is 3.84. The molecule has 130 valence electrons. The Bertz CT molecular complexity index is 658. The minimum atomic E-state index is 0.505. The highest BCUT2D eigenvalue weighted by atomic mass is 32.1. The molecule has 0 spiro atoms. The first-order valence-electron chi connectivity index (χ1n) is 8.41. The SMILES string of the molecule is CN=C(NCCc1csc(C(C)C)n1)N(C)Cc1ccc(C)cc1. The lowest BCUT2D eigenvalue weighted by Gasteiger charge is -2.22. The molecule has 0 aliphatic heterocycles. The van der Waals surface area contributed by atoms with Crippen LogP contribution in [0.25, 0.3) is 0 Å². The van der Waals surface area contributed by atoms with Gasteiger partial charge in [0, 0.05) is 44.9 Å². The Morgan fingerprint density at radius 2 is 2.00 bits per heavy atom. The number of aryl methyl sites for hydroxylation is 1. The third kappa shape index (κ3) is 5.34. The molecule has 0 unspecified atom stereocenters. The molecule has 1 aromatic heterocycles. The molecule has 0 aliphatic rings. The number of hydrogen-bond acceptors (Lipinski definition) is 3. The standard InChI is InChI=1S/C19H28N4S/c1-14(2)18-22-17(13-24-18)10-11-21-19(20-4)23(5)12-16-8-6-15(3)7-9-16/h6-9,13-14H,10-12H2,1-5H3,(H,20,21). The number of thiazole rings is 1. The first-order valence-corrected chi connectivity index (χ1v) is 9.29. The molecule has 24 heavy (non-hydrogen) atoms. The van der Waals surface area contributed by atoms with Crippen molar-refractivity contribution in [2.75, 3.05) is 20.6 Å². The van der Waals surface area contributed by atoms with E-state index in [0.717, 1.165) is 31.2 Å². The van der Waals surface area contributed by atoms with Crippen LogP contribution in [0.5, 0.6) is 0 Å². The zero-order chi connectivity index (χ0) is 17.5. The predicted octanol–water partition coefficient (Wildman–Crippen LogP) is 3.82. The Morgan fingerprint density at radius 3 is 2.58 bits per heavy atom. The van der Waals surface area contributed by atoms with Crippen LogP contribution in [0.3, 0.4) is 0 Å². The quantitative estimate of drug-likeness (QED) is 0.640. The summed E-state index contributed by atoms with van der Waals surface area (Å²) in [5, 5.41) is 6.80. The first-order chi connectivity index (χ1) is 11.5. The summed E-state index contributed by atoms with van der Waals surface area (Å²) in [6.07, 6.45) is 0.917. The van der Waals surface area contributed by atoms with Crippen LogP contribution in [0.1, 0.15) is 41.6 Å². The van der Waals surface area contributed by atoms with Gasteiger partial charge in [-0.15, -0.1) is 11.3 Å². The van der Waals surface area contributed by atoms with Crippen LogP contribution in [0.15, 0.2) is 34.6 Å². The molecular weight excluding hydrogens is 316 g/mol. The molecule has 0 saturated heterocycles. The number of rotatable bonds is 6. The molecule has 2 rings (SSSR count). The number of guanidine groups is 1. The Labute approximate surface area is 149 Å². The topological polar surface area (TPSA) is 40.5 Å². The molecule has 0 aliphatic carbocycles. The van der Waals surface area contributed by atoms with Gasteiger partial charge < -0.3 is 10.2 Å². The normalized spacial score (nSPS) is 11.8. The summed E-state index contributed by atoms with van der Waals surface area (Å²) in [6.45, 7) is 8.16. The fraction of sp³-hybridized carbons (Fsp3) is 0.474. The second-order valence-electron chi connectivity index (χ2n) is 6.40. The van der Waals surface area contributed by atoms with Gasteiger partial charge in [0.1, 0.15) is 0 Å². The summed E-state index contributed by atoms with van der Waals surface area (Å²) >= 11 is 1.75. The van der Waals surface area contributed by atoms with E-state index in [2.05, 4.69) is 77.7 Å². The van der Waals surface area contributed by atoms with E-state index in [0.29, 0.717) is 5.92 Å². The van der Waals surface area contributed by atoms with Crippen LogP contribution in [-0.4, -0.2) is 36.5 Å². The Morgan fingerprint density at radius 1 is 1.29 bits per heavy atom. The molecule has 5 heteroatoms. The molecule has 0 bridgehead atoms. The van der Waals surface area contributed by atoms with Crippen LogP contribution in [0.2, 0.25) is 0 Å². The largest absolute Gasteiger partial charge is 0.356 e. The van der Waals surface area contributed by atoms with Gasteiger partial charge >= 0.3 is 0 Å². The van der Waals surface area contributed by atoms with E-state index in [-0.39, 0.29) is 0 Å². The van der Waals surface area contributed by atoms with Crippen molar-refractivity contribution in [1.82, 2.24) is 15.2 Å². The lowest BCUT2D eigenvalue weighted by Crippen LogP contribution is -2.39. The van der Waals surface area contributed by atoms with E-state index < -0.39 is 0 Å². The van der Waals surface area contributed by atoms with E-state index in [1.54, 1.807) is 11.3 Å². The molecule has 1 heterocycles. The van der Waals surface area contributed by atoms with Crippen molar-refractivity contribution in [2.24, 2.45) is 4.99 Å². The monoisotopic (exact) mass is 344 g/mol. The molecule has 0 amide bonds. The van der Waals surface area contributed by atoms with Gasteiger partial charge in [0.05, 0.1) is 10.7 Å². The van der Waals surface area contributed by atoms with Crippen LogP contribution >= 0.6 is 11.3 Å². The summed E-state index contributed by atoms with van der Waals surface area (Å²) in [5.74, 6) is 1.42. The molecule has 4 nitrogen and oxygen atoms in total. The Hall–Kier alpha value is -1.88. The van der Waals surface area contributed by atoms with E-state index in [1.165, 1.54) is 16.1 Å².